The minimum absolute atomic E-state index is 0.144. The van der Waals surface area contributed by atoms with Gasteiger partial charge < -0.3 is 4.74 Å². The Balaban J connectivity index is 1.53. The second-order valence-electron chi connectivity index (χ2n) is 7.06. The highest BCUT2D eigenvalue weighted by molar-refractivity contribution is 6.02. The predicted octanol–water partition coefficient (Wildman–Crippen LogP) is 5.10. The lowest BCUT2D eigenvalue weighted by molar-refractivity contribution is -0.124. The van der Waals surface area contributed by atoms with Gasteiger partial charge in [0.25, 0.3) is 5.91 Å². The standard InChI is InChI=1S/C25H20FNO3/c26-23-13-11-20(19-9-5-2-6-10-19)16-21(23)12-14-24(28)27-22(17-30-25(27)29)15-18-7-3-1-4-8-18/h1-14,16,22H,15,17H2/b14-12+. The second-order valence-corrected chi connectivity index (χ2v) is 7.06. The van der Waals surface area contributed by atoms with E-state index in [-0.39, 0.29) is 12.2 Å². The zero-order valence-electron chi connectivity index (χ0n) is 16.2. The molecule has 4 rings (SSSR count). The summed E-state index contributed by atoms with van der Waals surface area (Å²) in [5, 5.41) is 0. The van der Waals surface area contributed by atoms with E-state index in [1.807, 2.05) is 60.7 Å². The second kappa shape index (κ2) is 8.74. The minimum atomic E-state index is -0.677. The highest BCUT2D eigenvalue weighted by atomic mass is 19.1. The van der Waals surface area contributed by atoms with Crippen LogP contribution >= 0.6 is 0 Å². The van der Waals surface area contributed by atoms with Crippen LogP contribution in [-0.2, 0) is 16.0 Å². The van der Waals surface area contributed by atoms with Gasteiger partial charge in [-0.25, -0.2) is 14.1 Å². The maximum Gasteiger partial charge on any atom is 0.417 e. The molecule has 0 aliphatic carbocycles. The summed E-state index contributed by atoms with van der Waals surface area (Å²) in [6, 6.07) is 23.5. The number of hydrogen-bond acceptors (Lipinski definition) is 3. The molecule has 0 aromatic heterocycles. The number of amides is 2. The zero-order chi connectivity index (χ0) is 20.9. The molecular weight excluding hydrogens is 381 g/mol. The van der Waals surface area contributed by atoms with Crippen molar-refractivity contribution in [3.63, 3.8) is 0 Å². The predicted molar refractivity (Wildman–Crippen MR) is 113 cm³/mol. The van der Waals surface area contributed by atoms with Gasteiger partial charge in [0.1, 0.15) is 12.4 Å². The van der Waals surface area contributed by atoms with Crippen LogP contribution in [0, 0.1) is 5.82 Å². The Morgan fingerprint density at radius 1 is 1.00 bits per heavy atom. The highest BCUT2D eigenvalue weighted by Crippen LogP contribution is 2.23. The Kier molecular flexibility index (Phi) is 5.70. The molecule has 4 nitrogen and oxygen atoms in total. The Hall–Kier alpha value is -3.73. The van der Waals surface area contributed by atoms with Crippen LogP contribution in [0.4, 0.5) is 9.18 Å². The van der Waals surface area contributed by atoms with Crippen LogP contribution in [0.3, 0.4) is 0 Å². The SMILES string of the molecule is O=C(/C=C/c1cc(-c2ccccc2)ccc1F)N1C(=O)OCC1Cc1ccccc1. The third-order valence-corrected chi connectivity index (χ3v) is 5.02. The molecule has 1 aliphatic rings. The molecule has 5 heteroatoms. The molecule has 0 saturated carbocycles. The summed E-state index contributed by atoms with van der Waals surface area (Å²) in [5.74, 6) is -0.966. The Labute approximate surface area is 174 Å². The number of cyclic esters (lactones) is 1. The summed E-state index contributed by atoms with van der Waals surface area (Å²) in [7, 11) is 0. The summed E-state index contributed by atoms with van der Waals surface area (Å²) >= 11 is 0. The normalized spacial score (nSPS) is 16.1. The number of ether oxygens (including phenoxy) is 1. The van der Waals surface area contributed by atoms with Gasteiger partial charge in [0, 0.05) is 11.6 Å². The van der Waals surface area contributed by atoms with E-state index in [0.29, 0.717) is 6.42 Å². The highest BCUT2D eigenvalue weighted by Gasteiger charge is 2.36. The fourth-order valence-electron chi connectivity index (χ4n) is 3.49. The Bertz CT molecular complexity index is 1080. The number of carbonyl (C=O) groups is 2. The van der Waals surface area contributed by atoms with Crippen molar-refractivity contribution in [3.05, 3.63) is 102 Å². The van der Waals surface area contributed by atoms with Gasteiger partial charge in [0.05, 0.1) is 6.04 Å². The molecule has 0 N–H and O–H groups in total. The number of halogens is 1. The molecule has 30 heavy (non-hydrogen) atoms. The summed E-state index contributed by atoms with van der Waals surface area (Å²) in [5.41, 5.74) is 3.07. The van der Waals surface area contributed by atoms with Gasteiger partial charge in [-0.1, -0.05) is 66.7 Å². The molecule has 2 amide bonds. The van der Waals surface area contributed by atoms with Crippen molar-refractivity contribution in [2.24, 2.45) is 0 Å². The lowest BCUT2D eigenvalue weighted by atomic mass is 10.0. The van der Waals surface area contributed by atoms with Gasteiger partial charge in [0.15, 0.2) is 0 Å². The number of benzene rings is 3. The third kappa shape index (κ3) is 4.30. The summed E-state index contributed by atoms with van der Waals surface area (Å²) in [4.78, 5) is 25.9. The monoisotopic (exact) mass is 401 g/mol. The average molecular weight is 401 g/mol. The van der Waals surface area contributed by atoms with Crippen LogP contribution in [-0.4, -0.2) is 29.5 Å². The van der Waals surface area contributed by atoms with E-state index in [4.69, 9.17) is 4.74 Å². The van der Waals surface area contributed by atoms with Crippen molar-refractivity contribution < 1.29 is 18.7 Å². The van der Waals surface area contributed by atoms with E-state index in [0.717, 1.165) is 21.6 Å². The van der Waals surface area contributed by atoms with E-state index in [1.165, 1.54) is 18.2 Å². The van der Waals surface area contributed by atoms with Crippen molar-refractivity contribution >= 4 is 18.1 Å². The van der Waals surface area contributed by atoms with Gasteiger partial charge in [-0.15, -0.1) is 0 Å². The van der Waals surface area contributed by atoms with Crippen LogP contribution < -0.4 is 0 Å². The molecule has 1 aliphatic heterocycles. The van der Waals surface area contributed by atoms with Crippen molar-refractivity contribution in [1.82, 2.24) is 4.90 Å². The number of imide groups is 1. The van der Waals surface area contributed by atoms with Crippen LogP contribution in [0.15, 0.2) is 84.9 Å². The van der Waals surface area contributed by atoms with Crippen molar-refractivity contribution in [2.75, 3.05) is 6.61 Å². The average Bonchev–Trinajstić information content (AvgIpc) is 3.14. The molecule has 0 spiro atoms. The van der Waals surface area contributed by atoms with Crippen LogP contribution in [0.5, 0.6) is 0 Å². The first-order valence-electron chi connectivity index (χ1n) is 9.69. The fourth-order valence-corrected chi connectivity index (χ4v) is 3.49. The van der Waals surface area contributed by atoms with Crippen molar-refractivity contribution in [2.45, 2.75) is 12.5 Å². The van der Waals surface area contributed by atoms with E-state index < -0.39 is 23.9 Å². The Morgan fingerprint density at radius 2 is 1.70 bits per heavy atom. The molecule has 1 unspecified atom stereocenters. The van der Waals surface area contributed by atoms with E-state index in [9.17, 15) is 14.0 Å². The lowest BCUT2D eigenvalue weighted by Gasteiger charge is -2.18. The summed E-state index contributed by atoms with van der Waals surface area (Å²) < 4.78 is 19.4. The minimum Gasteiger partial charge on any atom is -0.447 e. The number of nitrogens with zero attached hydrogens (tertiary/aromatic N) is 1. The number of hydrogen-bond donors (Lipinski definition) is 0. The van der Waals surface area contributed by atoms with Crippen molar-refractivity contribution in [3.8, 4) is 11.1 Å². The molecule has 1 heterocycles. The molecule has 1 atom stereocenters. The van der Waals surface area contributed by atoms with Gasteiger partial charge in [0.2, 0.25) is 0 Å². The first-order valence-corrected chi connectivity index (χ1v) is 9.69. The van der Waals surface area contributed by atoms with Gasteiger partial charge >= 0.3 is 6.09 Å². The van der Waals surface area contributed by atoms with Crippen LogP contribution in [0.2, 0.25) is 0 Å². The van der Waals surface area contributed by atoms with Crippen LogP contribution in [0.25, 0.3) is 17.2 Å². The van der Waals surface area contributed by atoms with Crippen molar-refractivity contribution in [1.29, 1.82) is 0 Å². The Morgan fingerprint density at radius 3 is 2.43 bits per heavy atom. The van der Waals surface area contributed by atoms with Crippen LogP contribution in [0.1, 0.15) is 11.1 Å². The summed E-state index contributed by atoms with van der Waals surface area (Å²) in [6.45, 7) is 0.144. The largest absolute Gasteiger partial charge is 0.447 e. The molecule has 0 bridgehead atoms. The van der Waals surface area contributed by atoms with Gasteiger partial charge in [-0.3, -0.25) is 4.79 Å². The van der Waals surface area contributed by atoms with Gasteiger partial charge in [-0.2, -0.15) is 0 Å². The smallest absolute Gasteiger partial charge is 0.417 e. The zero-order valence-corrected chi connectivity index (χ0v) is 16.2. The number of carbonyl (C=O) groups excluding carboxylic acids is 2. The first-order chi connectivity index (χ1) is 14.6. The molecule has 0 radical (unpaired) electrons. The fraction of sp³-hybridized carbons (Fsp3) is 0.120. The maximum absolute atomic E-state index is 14.3. The summed E-state index contributed by atoms with van der Waals surface area (Å²) in [6.07, 6.45) is 2.45. The number of rotatable bonds is 5. The van der Waals surface area contributed by atoms with Gasteiger partial charge in [-0.05, 0) is 41.3 Å². The van der Waals surface area contributed by atoms with E-state index in [1.54, 1.807) is 12.1 Å². The maximum atomic E-state index is 14.3. The third-order valence-electron chi connectivity index (χ3n) is 5.02. The molecule has 3 aromatic rings. The topological polar surface area (TPSA) is 46.6 Å². The molecular formula is C25H20FNO3. The molecule has 150 valence electrons. The van der Waals surface area contributed by atoms with E-state index >= 15 is 0 Å². The molecule has 1 fully saturated rings. The lowest BCUT2D eigenvalue weighted by Crippen LogP contribution is -2.39. The molecule has 1 saturated heterocycles. The molecule has 3 aromatic carbocycles. The van der Waals surface area contributed by atoms with E-state index in [2.05, 4.69) is 0 Å². The quantitative estimate of drug-likeness (QED) is 0.559. The first kappa shape index (κ1) is 19.6.